The molecular formula is C19H25N3O. The quantitative estimate of drug-likeness (QED) is 0.922. The molecule has 0 aliphatic heterocycles. The van der Waals surface area contributed by atoms with Gasteiger partial charge < -0.3 is 5.32 Å². The first-order valence-corrected chi connectivity index (χ1v) is 8.44. The maximum Gasteiger partial charge on any atom is 0.251 e. The lowest BCUT2D eigenvalue weighted by atomic mass is 10.1. The van der Waals surface area contributed by atoms with Crippen LogP contribution in [0.4, 0.5) is 0 Å². The molecule has 1 atom stereocenters. The maximum atomic E-state index is 12.3. The van der Waals surface area contributed by atoms with Gasteiger partial charge in [-0.15, -0.1) is 0 Å². The number of hydrogen-bond donors (Lipinski definition) is 1. The van der Waals surface area contributed by atoms with Crippen molar-refractivity contribution in [2.45, 2.75) is 46.6 Å². The second-order valence-electron chi connectivity index (χ2n) is 6.76. The van der Waals surface area contributed by atoms with Gasteiger partial charge in [0.1, 0.15) is 0 Å². The fraction of sp³-hybridized carbons (Fsp3) is 0.474. The SMILES string of the molecule is Cc1cc(C)n(CC(C)CNC(=O)c2ccc3c(c2)CCC3)n1. The number of nitrogens with zero attached hydrogens (tertiary/aromatic N) is 2. The highest BCUT2D eigenvalue weighted by Gasteiger charge is 2.14. The molecule has 0 saturated carbocycles. The second-order valence-corrected chi connectivity index (χ2v) is 6.76. The average molecular weight is 311 g/mol. The van der Waals surface area contributed by atoms with Gasteiger partial charge in [-0.05, 0) is 68.4 Å². The van der Waals surface area contributed by atoms with Gasteiger partial charge in [0.15, 0.2) is 0 Å². The van der Waals surface area contributed by atoms with Gasteiger partial charge in [0.2, 0.25) is 0 Å². The van der Waals surface area contributed by atoms with Crippen LogP contribution in [0.2, 0.25) is 0 Å². The molecule has 0 bridgehead atoms. The van der Waals surface area contributed by atoms with Crippen LogP contribution in [0.5, 0.6) is 0 Å². The molecule has 1 heterocycles. The fourth-order valence-electron chi connectivity index (χ4n) is 3.30. The molecule has 0 fully saturated rings. The highest BCUT2D eigenvalue weighted by Crippen LogP contribution is 2.22. The number of nitrogens with one attached hydrogen (secondary N) is 1. The van der Waals surface area contributed by atoms with E-state index in [0.717, 1.165) is 30.6 Å². The number of fused-ring (bicyclic) bond motifs is 1. The Kier molecular flexibility index (Phi) is 4.51. The molecule has 1 aromatic heterocycles. The number of benzene rings is 1. The summed E-state index contributed by atoms with van der Waals surface area (Å²) in [6.45, 7) is 7.69. The second kappa shape index (κ2) is 6.57. The van der Waals surface area contributed by atoms with Gasteiger partial charge in [-0.3, -0.25) is 9.48 Å². The first kappa shape index (κ1) is 15.8. The van der Waals surface area contributed by atoms with Crippen molar-refractivity contribution in [1.82, 2.24) is 15.1 Å². The van der Waals surface area contributed by atoms with Crippen molar-refractivity contribution < 1.29 is 4.79 Å². The van der Waals surface area contributed by atoms with Crippen molar-refractivity contribution >= 4 is 5.91 Å². The van der Waals surface area contributed by atoms with Crippen LogP contribution in [0.25, 0.3) is 0 Å². The first-order valence-electron chi connectivity index (χ1n) is 8.44. The van der Waals surface area contributed by atoms with Gasteiger partial charge in [-0.25, -0.2) is 0 Å². The fourth-order valence-corrected chi connectivity index (χ4v) is 3.30. The predicted molar refractivity (Wildman–Crippen MR) is 91.7 cm³/mol. The minimum absolute atomic E-state index is 0.0277. The van der Waals surface area contributed by atoms with E-state index in [9.17, 15) is 4.79 Å². The Morgan fingerprint density at radius 2 is 2.04 bits per heavy atom. The summed E-state index contributed by atoms with van der Waals surface area (Å²) in [5.74, 6) is 0.367. The largest absolute Gasteiger partial charge is 0.352 e. The lowest BCUT2D eigenvalue weighted by Gasteiger charge is -2.14. The van der Waals surface area contributed by atoms with Gasteiger partial charge in [-0.1, -0.05) is 13.0 Å². The van der Waals surface area contributed by atoms with Crippen molar-refractivity contribution in [1.29, 1.82) is 0 Å². The Labute approximate surface area is 137 Å². The van der Waals surface area contributed by atoms with Gasteiger partial charge in [0.25, 0.3) is 5.91 Å². The van der Waals surface area contributed by atoms with Crippen LogP contribution < -0.4 is 5.32 Å². The minimum atomic E-state index is 0.0277. The minimum Gasteiger partial charge on any atom is -0.352 e. The summed E-state index contributed by atoms with van der Waals surface area (Å²) >= 11 is 0. The molecule has 1 aromatic carbocycles. The summed E-state index contributed by atoms with van der Waals surface area (Å²) in [5, 5.41) is 7.54. The van der Waals surface area contributed by atoms with Gasteiger partial charge in [-0.2, -0.15) is 5.10 Å². The highest BCUT2D eigenvalue weighted by molar-refractivity contribution is 5.94. The molecule has 2 aromatic rings. The van der Waals surface area contributed by atoms with Gasteiger partial charge in [0, 0.05) is 24.3 Å². The number of carbonyl (C=O) groups is 1. The third kappa shape index (κ3) is 3.63. The zero-order valence-electron chi connectivity index (χ0n) is 14.2. The van der Waals surface area contributed by atoms with E-state index >= 15 is 0 Å². The molecule has 3 rings (SSSR count). The van der Waals surface area contributed by atoms with Crippen LogP contribution in [-0.4, -0.2) is 22.2 Å². The van der Waals surface area contributed by atoms with Crippen LogP contribution >= 0.6 is 0 Å². The standard InChI is InChI=1S/C19H25N3O/c1-13(12-22-15(3)9-14(2)21-22)11-20-19(23)18-8-7-16-5-4-6-17(16)10-18/h7-10,13H,4-6,11-12H2,1-3H3,(H,20,23). The Hall–Kier alpha value is -2.10. The van der Waals surface area contributed by atoms with Crippen molar-refractivity contribution in [3.8, 4) is 0 Å². The number of aromatic nitrogens is 2. The zero-order chi connectivity index (χ0) is 16.4. The average Bonchev–Trinajstić information content (AvgIpc) is 3.10. The molecule has 1 N–H and O–H groups in total. The molecule has 122 valence electrons. The van der Waals surface area contributed by atoms with Crippen LogP contribution in [0, 0.1) is 19.8 Å². The third-order valence-electron chi connectivity index (χ3n) is 4.56. The third-order valence-corrected chi connectivity index (χ3v) is 4.56. The molecule has 1 unspecified atom stereocenters. The molecule has 1 amide bonds. The summed E-state index contributed by atoms with van der Waals surface area (Å²) in [4.78, 5) is 12.3. The van der Waals surface area contributed by atoms with Crippen LogP contribution in [-0.2, 0) is 19.4 Å². The smallest absolute Gasteiger partial charge is 0.251 e. The normalized spacial score (nSPS) is 14.6. The van der Waals surface area contributed by atoms with E-state index in [4.69, 9.17) is 0 Å². The van der Waals surface area contributed by atoms with Crippen LogP contribution in [0.3, 0.4) is 0 Å². The van der Waals surface area contributed by atoms with Crippen molar-refractivity contribution in [3.05, 3.63) is 52.3 Å². The van der Waals surface area contributed by atoms with Crippen molar-refractivity contribution in [2.75, 3.05) is 6.54 Å². The molecule has 23 heavy (non-hydrogen) atoms. The van der Waals surface area contributed by atoms with Crippen LogP contribution in [0.15, 0.2) is 24.3 Å². The van der Waals surface area contributed by atoms with Crippen molar-refractivity contribution in [3.63, 3.8) is 0 Å². The summed E-state index contributed by atoms with van der Waals surface area (Å²) in [7, 11) is 0. The summed E-state index contributed by atoms with van der Waals surface area (Å²) in [6, 6.07) is 8.20. The van der Waals surface area contributed by atoms with Gasteiger partial charge in [0.05, 0.1) is 5.69 Å². The zero-order valence-corrected chi connectivity index (χ0v) is 14.2. The number of rotatable bonds is 5. The maximum absolute atomic E-state index is 12.3. The van der Waals surface area contributed by atoms with Crippen molar-refractivity contribution in [2.24, 2.45) is 5.92 Å². The molecule has 1 aliphatic rings. The van der Waals surface area contributed by atoms with E-state index in [1.54, 1.807) is 0 Å². The number of aryl methyl sites for hydroxylation is 4. The predicted octanol–water partition coefficient (Wildman–Crippen LogP) is 3.05. The highest BCUT2D eigenvalue weighted by atomic mass is 16.1. The molecule has 1 aliphatic carbocycles. The van der Waals surface area contributed by atoms with Crippen LogP contribution in [0.1, 0.15) is 46.2 Å². The topological polar surface area (TPSA) is 46.9 Å². The molecule has 0 saturated heterocycles. The Bertz CT molecular complexity index is 717. The van der Waals surface area contributed by atoms with E-state index in [1.165, 1.54) is 23.2 Å². The molecule has 4 nitrogen and oxygen atoms in total. The number of hydrogen-bond acceptors (Lipinski definition) is 2. The Morgan fingerprint density at radius 3 is 2.78 bits per heavy atom. The summed E-state index contributed by atoms with van der Waals surface area (Å²) in [5.41, 5.74) is 5.73. The lowest BCUT2D eigenvalue weighted by molar-refractivity contribution is 0.0946. The number of amides is 1. The van der Waals surface area contributed by atoms with E-state index in [1.807, 2.05) is 17.7 Å². The van der Waals surface area contributed by atoms with E-state index in [-0.39, 0.29) is 5.91 Å². The lowest BCUT2D eigenvalue weighted by Crippen LogP contribution is -2.30. The van der Waals surface area contributed by atoms with E-state index in [2.05, 4.69) is 42.5 Å². The summed E-state index contributed by atoms with van der Waals surface area (Å²) < 4.78 is 2.02. The van der Waals surface area contributed by atoms with E-state index < -0.39 is 0 Å². The molecule has 0 radical (unpaired) electrons. The monoisotopic (exact) mass is 311 g/mol. The Morgan fingerprint density at radius 1 is 1.26 bits per heavy atom. The molecule has 0 spiro atoms. The molecular weight excluding hydrogens is 286 g/mol. The van der Waals surface area contributed by atoms with Gasteiger partial charge >= 0.3 is 0 Å². The molecule has 4 heteroatoms. The Balaban J connectivity index is 1.55. The first-order chi connectivity index (χ1) is 11.0. The number of carbonyl (C=O) groups excluding carboxylic acids is 1. The van der Waals surface area contributed by atoms with E-state index in [0.29, 0.717) is 12.5 Å². The summed E-state index contributed by atoms with van der Waals surface area (Å²) in [6.07, 6.45) is 3.46.